The van der Waals surface area contributed by atoms with E-state index in [9.17, 15) is 22.8 Å². The van der Waals surface area contributed by atoms with Gasteiger partial charge < -0.3 is 9.64 Å². The van der Waals surface area contributed by atoms with Gasteiger partial charge in [0.05, 0.1) is 7.11 Å². The molecule has 0 saturated carbocycles. The lowest BCUT2D eigenvalue weighted by Gasteiger charge is -2.35. The number of carbonyl (C=O) groups is 2. The first-order valence-electron chi connectivity index (χ1n) is 4.79. The number of methoxy groups -OCH3 is 1. The van der Waals surface area contributed by atoms with Crippen molar-refractivity contribution in [1.29, 1.82) is 0 Å². The molecule has 0 radical (unpaired) electrons. The molecular weight excluding hydrogens is 227 g/mol. The maximum absolute atomic E-state index is 12.6. The lowest BCUT2D eigenvalue weighted by Crippen LogP contribution is -2.53. The fraction of sp³-hybridized carbons (Fsp3) is 0.778. The quantitative estimate of drug-likeness (QED) is 0.678. The van der Waals surface area contributed by atoms with Crippen molar-refractivity contribution >= 4 is 11.9 Å². The molecule has 16 heavy (non-hydrogen) atoms. The average Bonchev–Trinajstić information content (AvgIpc) is 2.19. The molecule has 1 heterocycles. The third kappa shape index (κ3) is 2.86. The third-order valence-corrected chi connectivity index (χ3v) is 2.47. The number of carbonyl (C=O) groups excluding carboxylic acids is 2. The second kappa shape index (κ2) is 4.71. The van der Waals surface area contributed by atoms with E-state index in [1.54, 1.807) is 0 Å². The van der Waals surface area contributed by atoms with E-state index in [-0.39, 0.29) is 19.3 Å². The summed E-state index contributed by atoms with van der Waals surface area (Å²) in [6, 6.07) is -1.87. The van der Waals surface area contributed by atoms with Gasteiger partial charge in [-0.3, -0.25) is 9.59 Å². The summed E-state index contributed by atoms with van der Waals surface area (Å²) in [6.07, 6.45) is -4.42. The summed E-state index contributed by atoms with van der Waals surface area (Å²) < 4.78 is 42.0. The van der Waals surface area contributed by atoms with E-state index >= 15 is 0 Å². The Bertz CT molecular complexity index is 290. The summed E-state index contributed by atoms with van der Waals surface area (Å²) in [5.74, 6) is -1.50. The Morgan fingerprint density at radius 1 is 1.56 bits per heavy atom. The molecule has 1 saturated heterocycles. The van der Waals surface area contributed by atoms with Crippen LogP contribution in [0.3, 0.4) is 0 Å². The molecule has 92 valence electrons. The first-order chi connectivity index (χ1) is 7.36. The van der Waals surface area contributed by atoms with Crippen LogP contribution in [-0.4, -0.2) is 42.6 Å². The highest BCUT2D eigenvalue weighted by Gasteiger charge is 2.47. The van der Waals surface area contributed by atoms with Crippen molar-refractivity contribution in [3.8, 4) is 0 Å². The number of alkyl halides is 3. The predicted molar refractivity (Wildman–Crippen MR) is 47.4 cm³/mol. The van der Waals surface area contributed by atoms with Crippen molar-refractivity contribution in [1.82, 2.24) is 4.90 Å². The molecule has 4 nitrogen and oxygen atoms in total. The molecule has 7 heteroatoms. The number of hydrogen-bond donors (Lipinski definition) is 0. The second-order valence-corrected chi connectivity index (χ2v) is 3.55. The number of rotatable bonds is 2. The van der Waals surface area contributed by atoms with Crippen LogP contribution >= 0.6 is 0 Å². The maximum atomic E-state index is 12.6. The summed E-state index contributed by atoms with van der Waals surface area (Å²) in [4.78, 5) is 22.8. The molecule has 1 unspecified atom stereocenters. The van der Waals surface area contributed by atoms with Crippen molar-refractivity contribution in [2.75, 3.05) is 13.7 Å². The number of ether oxygens (including phenoxy) is 1. The number of likely N-dealkylation sites (tertiary alicyclic amines) is 1. The van der Waals surface area contributed by atoms with Gasteiger partial charge in [0.15, 0.2) is 0 Å². The highest BCUT2D eigenvalue weighted by atomic mass is 19.4. The maximum Gasteiger partial charge on any atom is 0.408 e. The van der Waals surface area contributed by atoms with Gasteiger partial charge in [-0.2, -0.15) is 13.2 Å². The Morgan fingerprint density at radius 3 is 2.69 bits per heavy atom. The van der Waals surface area contributed by atoms with Gasteiger partial charge in [-0.05, 0) is 12.8 Å². The molecule has 1 rings (SSSR count). The van der Waals surface area contributed by atoms with Crippen LogP contribution in [0.1, 0.15) is 19.3 Å². The number of piperidine rings is 1. The van der Waals surface area contributed by atoms with Crippen LogP contribution in [0.4, 0.5) is 13.2 Å². The Hall–Kier alpha value is -1.27. The molecule has 0 aromatic heterocycles. The van der Waals surface area contributed by atoms with E-state index in [0.717, 1.165) is 7.11 Å². The third-order valence-electron chi connectivity index (χ3n) is 2.47. The lowest BCUT2D eigenvalue weighted by molar-refractivity contribution is -0.198. The SMILES string of the molecule is COC(=O)CN1C(=O)CCCC1C(F)(F)F. The normalized spacial score (nSPS) is 22.1. The Kier molecular flexibility index (Phi) is 3.77. The molecule has 0 bridgehead atoms. The second-order valence-electron chi connectivity index (χ2n) is 3.55. The Labute approximate surface area is 90.3 Å². The van der Waals surface area contributed by atoms with E-state index < -0.39 is 30.6 Å². The zero-order chi connectivity index (χ0) is 12.3. The molecule has 0 N–H and O–H groups in total. The molecule has 0 aromatic carbocycles. The molecule has 1 aliphatic rings. The fourth-order valence-electron chi connectivity index (χ4n) is 1.66. The van der Waals surface area contributed by atoms with E-state index in [0.29, 0.717) is 4.90 Å². The van der Waals surface area contributed by atoms with Crippen molar-refractivity contribution in [2.45, 2.75) is 31.5 Å². The predicted octanol–water partition coefficient (Wildman–Crippen LogP) is 1.10. The highest BCUT2D eigenvalue weighted by molar-refractivity contribution is 5.83. The molecule has 0 aromatic rings. The van der Waals surface area contributed by atoms with E-state index in [2.05, 4.69) is 4.74 Å². The lowest BCUT2D eigenvalue weighted by atomic mass is 10.0. The number of halogens is 3. The highest BCUT2D eigenvalue weighted by Crippen LogP contribution is 2.32. The molecular formula is C9H12F3NO3. The van der Waals surface area contributed by atoms with Gasteiger partial charge in [-0.25, -0.2) is 0 Å². The van der Waals surface area contributed by atoms with E-state index in [1.165, 1.54) is 0 Å². The number of nitrogens with zero attached hydrogens (tertiary/aromatic N) is 1. The van der Waals surface area contributed by atoms with Gasteiger partial charge in [0.25, 0.3) is 0 Å². The van der Waals surface area contributed by atoms with Gasteiger partial charge >= 0.3 is 12.1 Å². The smallest absolute Gasteiger partial charge is 0.408 e. The molecule has 1 aliphatic heterocycles. The minimum atomic E-state index is -4.50. The topological polar surface area (TPSA) is 46.6 Å². The van der Waals surface area contributed by atoms with Crippen molar-refractivity contribution in [2.24, 2.45) is 0 Å². The summed E-state index contributed by atoms with van der Waals surface area (Å²) in [5.41, 5.74) is 0. The fourth-order valence-corrected chi connectivity index (χ4v) is 1.66. The van der Waals surface area contributed by atoms with Crippen molar-refractivity contribution < 1.29 is 27.5 Å². The zero-order valence-electron chi connectivity index (χ0n) is 8.71. The van der Waals surface area contributed by atoms with E-state index in [1.807, 2.05) is 0 Å². The molecule has 0 spiro atoms. The molecule has 1 atom stereocenters. The van der Waals surface area contributed by atoms with Gasteiger partial charge in [-0.15, -0.1) is 0 Å². The summed E-state index contributed by atoms with van der Waals surface area (Å²) in [5, 5.41) is 0. The minimum absolute atomic E-state index is 0.0452. The van der Waals surface area contributed by atoms with Gasteiger partial charge in [0.1, 0.15) is 12.6 Å². The summed E-state index contributed by atoms with van der Waals surface area (Å²) in [6.45, 7) is -0.639. The van der Waals surface area contributed by atoms with Crippen LogP contribution in [0.5, 0.6) is 0 Å². The Morgan fingerprint density at radius 2 is 2.19 bits per heavy atom. The molecule has 1 fully saturated rings. The van der Waals surface area contributed by atoms with Gasteiger partial charge in [0, 0.05) is 6.42 Å². The van der Waals surface area contributed by atoms with Gasteiger partial charge in [0.2, 0.25) is 5.91 Å². The largest absolute Gasteiger partial charge is 0.468 e. The number of esters is 1. The van der Waals surface area contributed by atoms with Crippen LogP contribution in [0.15, 0.2) is 0 Å². The molecule has 1 amide bonds. The average molecular weight is 239 g/mol. The van der Waals surface area contributed by atoms with E-state index in [4.69, 9.17) is 0 Å². The molecule has 0 aliphatic carbocycles. The van der Waals surface area contributed by atoms with Crippen LogP contribution in [-0.2, 0) is 14.3 Å². The zero-order valence-corrected chi connectivity index (χ0v) is 8.71. The van der Waals surface area contributed by atoms with Gasteiger partial charge in [-0.1, -0.05) is 0 Å². The monoisotopic (exact) mass is 239 g/mol. The van der Waals surface area contributed by atoms with Crippen molar-refractivity contribution in [3.63, 3.8) is 0 Å². The number of amides is 1. The summed E-state index contributed by atoms with van der Waals surface area (Å²) >= 11 is 0. The summed E-state index contributed by atoms with van der Waals surface area (Å²) in [7, 11) is 1.07. The van der Waals surface area contributed by atoms with Crippen LogP contribution in [0.25, 0.3) is 0 Å². The van der Waals surface area contributed by atoms with Crippen LogP contribution in [0, 0.1) is 0 Å². The Balaban J connectivity index is 2.80. The standard InChI is InChI=1S/C9H12F3NO3/c1-16-8(15)5-13-6(9(10,11)12)3-2-4-7(13)14/h6H,2-5H2,1H3. The van der Waals surface area contributed by atoms with Crippen LogP contribution in [0.2, 0.25) is 0 Å². The van der Waals surface area contributed by atoms with Crippen molar-refractivity contribution in [3.05, 3.63) is 0 Å². The van der Waals surface area contributed by atoms with Crippen LogP contribution < -0.4 is 0 Å². The minimum Gasteiger partial charge on any atom is -0.468 e. The first-order valence-corrected chi connectivity index (χ1v) is 4.79. The number of hydrogen-bond acceptors (Lipinski definition) is 3. The first kappa shape index (κ1) is 12.8.